The molecule has 0 aromatic rings. The smallest absolute Gasteiger partial charge is 0.309 e. The molecule has 0 bridgehead atoms. The zero-order valence-corrected chi connectivity index (χ0v) is 10.5. The van der Waals surface area contributed by atoms with Crippen molar-refractivity contribution in [1.82, 2.24) is 0 Å². The first kappa shape index (κ1) is 13.0. The standard InChI is InChI=1S/C14H22O2/c1-5-11(4)14(15)16-13-8-6-7-12(9-13)10(2)3/h6,8,11-13H,2,5,7,9H2,1,3-4H3. The summed E-state index contributed by atoms with van der Waals surface area (Å²) in [7, 11) is 0. The fourth-order valence-electron chi connectivity index (χ4n) is 1.77. The molecule has 0 aliphatic heterocycles. The van der Waals surface area contributed by atoms with Gasteiger partial charge < -0.3 is 4.74 Å². The van der Waals surface area contributed by atoms with Gasteiger partial charge in [-0.2, -0.15) is 0 Å². The molecule has 1 aliphatic rings. The average Bonchev–Trinajstić information content (AvgIpc) is 2.28. The maximum Gasteiger partial charge on any atom is 0.309 e. The van der Waals surface area contributed by atoms with Crippen molar-refractivity contribution in [3.8, 4) is 0 Å². The van der Waals surface area contributed by atoms with E-state index in [4.69, 9.17) is 4.74 Å². The fourth-order valence-corrected chi connectivity index (χ4v) is 1.77. The Morgan fingerprint density at radius 1 is 1.62 bits per heavy atom. The van der Waals surface area contributed by atoms with Crippen LogP contribution in [-0.2, 0) is 9.53 Å². The van der Waals surface area contributed by atoms with E-state index >= 15 is 0 Å². The first-order valence-corrected chi connectivity index (χ1v) is 6.07. The van der Waals surface area contributed by atoms with Gasteiger partial charge in [0.15, 0.2) is 0 Å². The highest BCUT2D eigenvalue weighted by Gasteiger charge is 2.23. The molecule has 2 heteroatoms. The lowest BCUT2D eigenvalue weighted by atomic mass is 9.87. The van der Waals surface area contributed by atoms with Crippen LogP contribution in [0.15, 0.2) is 24.3 Å². The van der Waals surface area contributed by atoms with Crippen molar-refractivity contribution < 1.29 is 9.53 Å². The molecule has 1 rings (SSSR count). The summed E-state index contributed by atoms with van der Waals surface area (Å²) >= 11 is 0. The average molecular weight is 222 g/mol. The summed E-state index contributed by atoms with van der Waals surface area (Å²) in [5.74, 6) is 0.373. The Morgan fingerprint density at radius 3 is 2.88 bits per heavy atom. The van der Waals surface area contributed by atoms with Crippen molar-refractivity contribution in [1.29, 1.82) is 0 Å². The molecule has 0 aromatic carbocycles. The first-order chi connectivity index (χ1) is 7.54. The van der Waals surface area contributed by atoms with Crippen molar-refractivity contribution in [2.75, 3.05) is 0 Å². The molecule has 3 unspecified atom stereocenters. The minimum Gasteiger partial charge on any atom is -0.458 e. The van der Waals surface area contributed by atoms with Gasteiger partial charge in [-0.3, -0.25) is 4.79 Å². The molecule has 16 heavy (non-hydrogen) atoms. The maximum atomic E-state index is 11.6. The Hall–Kier alpha value is -1.05. The molecule has 0 saturated carbocycles. The van der Waals surface area contributed by atoms with Gasteiger partial charge in [-0.1, -0.05) is 32.1 Å². The number of hydrogen-bond acceptors (Lipinski definition) is 2. The van der Waals surface area contributed by atoms with Gasteiger partial charge in [0.2, 0.25) is 0 Å². The second-order valence-electron chi connectivity index (χ2n) is 4.73. The zero-order valence-electron chi connectivity index (χ0n) is 10.5. The van der Waals surface area contributed by atoms with E-state index in [2.05, 4.69) is 12.7 Å². The second-order valence-corrected chi connectivity index (χ2v) is 4.73. The van der Waals surface area contributed by atoms with Crippen molar-refractivity contribution in [2.24, 2.45) is 11.8 Å². The Labute approximate surface area is 98.4 Å². The van der Waals surface area contributed by atoms with Crippen LogP contribution < -0.4 is 0 Å². The number of hydrogen-bond donors (Lipinski definition) is 0. The number of carbonyl (C=O) groups excluding carboxylic acids is 1. The largest absolute Gasteiger partial charge is 0.458 e. The minimum absolute atomic E-state index is 0.00129. The van der Waals surface area contributed by atoms with Crippen molar-refractivity contribution in [3.63, 3.8) is 0 Å². The molecule has 2 nitrogen and oxygen atoms in total. The second kappa shape index (κ2) is 5.88. The number of carbonyl (C=O) groups is 1. The van der Waals surface area contributed by atoms with Crippen LogP contribution >= 0.6 is 0 Å². The van der Waals surface area contributed by atoms with E-state index in [1.165, 1.54) is 5.57 Å². The van der Waals surface area contributed by atoms with Crippen molar-refractivity contribution >= 4 is 5.97 Å². The lowest BCUT2D eigenvalue weighted by Crippen LogP contribution is -2.25. The van der Waals surface area contributed by atoms with Gasteiger partial charge in [-0.15, -0.1) is 0 Å². The van der Waals surface area contributed by atoms with Crippen LogP contribution in [-0.4, -0.2) is 12.1 Å². The van der Waals surface area contributed by atoms with Gasteiger partial charge >= 0.3 is 5.97 Å². The topological polar surface area (TPSA) is 26.3 Å². The van der Waals surface area contributed by atoms with E-state index in [0.717, 1.165) is 19.3 Å². The van der Waals surface area contributed by atoms with Crippen LogP contribution in [0.25, 0.3) is 0 Å². The number of allylic oxidation sites excluding steroid dienone is 2. The molecule has 0 saturated heterocycles. The number of rotatable bonds is 4. The molecule has 0 fully saturated rings. The molecule has 1 aliphatic carbocycles. The summed E-state index contributed by atoms with van der Waals surface area (Å²) < 4.78 is 5.46. The summed E-state index contributed by atoms with van der Waals surface area (Å²) in [4.78, 5) is 11.6. The van der Waals surface area contributed by atoms with Crippen LogP contribution in [0.5, 0.6) is 0 Å². The van der Waals surface area contributed by atoms with Crippen LogP contribution in [0.4, 0.5) is 0 Å². The summed E-state index contributed by atoms with van der Waals surface area (Å²) in [6, 6.07) is 0. The Morgan fingerprint density at radius 2 is 2.31 bits per heavy atom. The first-order valence-electron chi connectivity index (χ1n) is 6.07. The van der Waals surface area contributed by atoms with Crippen LogP contribution in [0.2, 0.25) is 0 Å². The lowest BCUT2D eigenvalue weighted by molar-refractivity contribution is -0.152. The normalized spacial score (nSPS) is 26.2. The molecule has 90 valence electrons. The molecule has 0 heterocycles. The molecular weight excluding hydrogens is 200 g/mol. The molecule has 0 amide bonds. The van der Waals surface area contributed by atoms with Gasteiger partial charge in [0.05, 0.1) is 5.92 Å². The Balaban J connectivity index is 2.49. The van der Waals surface area contributed by atoms with Crippen LogP contribution in [0.1, 0.15) is 40.0 Å². The predicted octanol–water partition coefficient (Wildman–Crippen LogP) is 3.49. The quantitative estimate of drug-likeness (QED) is 0.537. The molecule has 0 spiro atoms. The van der Waals surface area contributed by atoms with Crippen LogP contribution in [0, 0.1) is 11.8 Å². The summed E-state index contributed by atoms with van der Waals surface area (Å²) in [5, 5.41) is 0. The van der Waals surface area contributed by atoms with E-state index in [9.17, 15) is 4.79 Å². The van der Waals surface area contributed by atoms with Crippen molar-refractivity contribution in [3.05, 3.63) is 24.3 Å². The monoisotopic (exact) mass is 222 g/mol. The maximum absolute atomic E-state index is 11.6. The zero-order chi connectivity index (χ0) is 12.1. The Bertz CT molecular complexity index is 291. The minimum atomic E-state index is -0.0838. The highest BCUT2D eigenvalue weighted by Crippen LogP contribution is 2.26. The van der Waals surface area contributed by atoms with Crippen molar-refractivity contribution in [2.45, 2.75) is 46.1 Å². The SMILES string of the molecule is C=C(C)C1CC=CC(OC(=O)C(C)CC)C1. The van der Waals surface area contributed by atoms with Gasteiger partial charge in [-0.25, -0.2) is 0 Å². The molecule has 0 radical (unpaired) electrons. The fraction of sp³-hybridized carbons (Fsp3) is 0.643. The van der Waals surface area contributed by atoms with Gasteiger partial charge in [0.25, 0.3) is 0 Å². The molecule has 0 aromatic heterocycles. The number of ether oxygens (including phenoxy) is 1. The Kier molecular flexibility index (Phi) is 4.78. The van der Waals surface area contributed by atoms with E-state index in [1.54, 1.807) is 0 Å². The highest BCUT2D eigenvalue weighted by molar-refractivity contribution is 5.72. The summed E-state index contributed by atoms with van der Waals surface area (Å²) in [6.07, 6.45) is 6.77. The van der Waals surface area contributed by atoms with E-state index < -0.39 is 0 Å². The van der Waals surface area contributed by atoms with Gasteiger partial charge in [0.1, 0.15) is 6.10 Å². The molecule has 3 atom stereocenters. The van der Waals surface area contributed by atoms with E-state index in [-0.39, 0.29) is 18.0 Å². The highest BCUT2D eigenvalue weighted by atomic mass is 16.5. The third-order valence-electron chi connectivity index (χ3n) is 3.27. The number of esters is 1. The third kappa shape index (κ3) is 3.51. The summed E-state index contributed by atoms with van der Waals surface area (Å²) in [6.45, 7) is 9.92. The third-order valence-corrected chi connectivity index (χ3v) is 3.27. The van der Waals surface area contributed by atoms with Gasteiger partial charge in [-0.05, 0) is 38.2 Å². The summed E-state index contributed by atoms with van der Waals surface area (Å²) in [5.41, 5.74) is 1.17. The van der Waals surface area contributed by atoms with Crippen LogP contribution in [0.3, 0.4) is 0 Å². The van der Waals surface area contributed by atoms with Gasteiger partial charge in [0, 0.05) is 0 Å². The lowest BCUT2D eigenvalue weighted by Gasteiger charge is -2.25. The predicted molar refractivity (Wildman–Crippen MR) is 66.0 cm³/mol. The molecular formula is C14H22O2. The van der Waals surface area contributed by atoms with E-state index in [0.29, 0.717) is 5.92 Å². The van der Waals surface area contributed by atoms with E-state index in [1.807, 2.05) is 26.8 Å². The molecule has 0 N–H and O–H groups in total.